The van der Waals surface area contributed by atoms with E-state index in [0.29, 0.717) is 18.7 Å². The summed E-state index contributed by atoms with van der Waals surface area (Å²) < 4.78 is 1.51. The summed E-state index contributed by atoms with van der Waals surface area (Å²) >= 11 is 0. The van der Waals surface area contributed by atoms with Crippen LogP contribution in [0.15, 0.2) is 6.07 Å². The first-order valence-electron chi connectivity index (χ1n) is 5.76. The van der Waals surface area contributed by atoms with Crippen molar-refractivity contribution in [2.75, 3.05) is 6.54 Å². The van der Waals surface area contributed by atoms with E-state index in [-0.39, 0.29) is 5.91 Å². The van der Waals surface area contributed by atoms with Gasteiger partial charge in [-0.25, -0.2) is 0 Å². The fourth-order valence-corrected chi connectivity index (χ4v) is 1.51. The molecule has 0 aliphatic heterocycles. The van der Waals surface area contributed by atoms with Gasteiger partial charge in [-0.3, -0.25) is 14.3 Å². The second kappa shape index (κ2) is 5.20. The van der Waals surface area contributed by atoms with E-state index in [2.05, 4.69) is 10.4 Å². The Morgan fingerprint density at radius 2 is 2.11 bits per heavy atom. The quantitative estimate of drug-likeness (QED) is 0.818. The molecule has 0 spiro atoms. The Morgan fingerprint density at radius 1 is 1.50 bits per heavy atom. The van der Waals surface area contributed by atoms with Gasteiger partial charge in [0.15, 0.2) is 0 Å². The maximum absolute atomic E-state index is 11.8. The van der Waals surface area contributed by atoms with E-state index in [1.54, 1.807) is 27.0 Å². The third-order valence-electron chi connectivity index (χ3n) is 2.85. The summed E-state index contributed by atoms with van der Waals surface area (Å²) in [4.78, 5) is 22.7. The molecule has 1 heterocycles. The zero-order valence-electron chi connectivity index (χ0n) is 11.1. The number of hydrogen-bond acceptors (Lipinski definition) is 3. The van der Waals surface area contributed by atoms with E-state index in [9.17, 15) is 9.59 Å². The Bertz CT molecular complexity index is 463. The molecule has 1 rings (SSSR count). The van der Waals surface area contributed by atoms with E-state index in [4.69, 9.17) is 5.11 Å². The maximum atomic E-state index is 11.8. The molecular formula is C12H19N3O3. The van der Waals surface area contributed by atoms with Gasteiger partial charge < -0.3 is 10.4 Å². The number of aliphatic carboxylic acids is 1. The zero-order valence-corrected chi connectivity index (χ0v) is 11.1. The average molecular weight is 253 g/mol. The molecule has 0 aromatic carbocycles. The van der Waals surface area contributed by atoms with Crippen LogP contribution in [0.4, 0.5) is 0 Å². The molecule has 0 unspecified atom stereocenters. The van der Waals surface area contributed by atoms with Crippen LogP contribution in [0.25, 0.3) is 0 Å². The van der Waals surface area contributed by atoms with Gasteiger partial charge in [-0.1, -0.05) is 0 Å². The molecule has 100 valence electrons. The molecule has 0 fully saturated rings. The van der Waals surface area contributed by atoms with Crippen LogP contribution in [-0.4, -0.2) is 33.3 Å². The SMILES string of the molecule is Cc1cc(C(=O)NCCC(C)(C)C(=O)O)n(C)n1. The van der Waals surface area contributed by atoms with E-state index < -0.39 is 11.4 Å². The second-order valence-corrected chi connectivity index (χ2v) is 4.99. The number of carboxylic acids is 1. The minimum atomic E-state index is -0.867. The van der Waals surface area contributed by atoms with Crippen molar-refractivity contribution in [2.45, 2.75) is 27.2 Å². The molecule has 0 radical (unpaired) electrons. The van der Waals surface area contributed by atoms with Crippen molar-refractivity contribution < 1.29 is 14.7 Å². The molecule has 0 saturated carbocycles. The molecule has 0 atom stereocenters. The molecule has 1 amide bonds. The lowest BCUT2D eigenvalue weighted by molar-refractivity contribution is -0.147. The summed E-state index contributed by atoms with van der Waals surface area (Å²) in [6.07, 6.45) is 0.380. The lowest BCUT2D eigenvalue weighted by atomic mass is 9.90. The van der Waals surface area contributed by atoms with Crippen molar-refractivity contribution in [1.29, 1.82) is 0 Å². The Balaban J connectivity index is 2.53. The molecule has 6 heteroatoms. The largest absolute Gasteiger partial charge is 0.481 e. The number of carbonyl (C=O) groups is 2. The molecular weight excluding hydrogens is 234 g/mol. The standard InChI is InChI=1S/C12H19N3O3/c1-8-7-9(15(4)14-8)10(16)13-6-5-12(2,3)11(17)18/h7H,5-6H2,1-4H3,(H,13,16)(H,17,18). The van der Waals surface area contributed by atoms with Crippen LogP contribution >= 0.6 is 0 Å². The Labute approximate surface area is 106 Å². The van der Waals surface area contributed by atoms with Gasteiger partial charge in [-0.05, 0) is 33.3 Å². The molecule has 1 aromatic rings. The Hall–Kier alpha value is -1.85. The van der Waals surface area contributed by atoms with Crippen LogP contribution < -0.4 is 5.32 Å². The van der Waals surface area contributed by atoms with Crippen molar-refractivity contribution >= 4 is 11.9 Å². The normalized spacial score (nSPS) is 11.3. The minimum Gasteiger partial charge on any atom is -0.481 e. The first-order chi connectivity index (χ1) is 8.24. The zero-order chi connectivity index (χ0) is 13.9. The number of amides is 1. The fraction of sp³-hybridized carbons (Fsp3) is 0.583. The smallest absolute Gasteiger partial charge is 0.309 e. The van der Waals surface area contributed by atoms with Gasteiger partial charge in [0.05, 0.1) is 11.1 Å². The van der Waals surface area contributed by atoms with Crippen LogP contribution in [0.1, 0.15) is 36.5 Å². The number of carboxylic acid groups (broad SMARTS) is 1. The Morgan fingerprint density at radius 3 is 2.56 bits per heavy atom. The summed E-state index contributed by atoms with van der Waals surface area (Å²) in [7, 11) is 1.70. The number of hydrogen-bond donors (Lipinski definition) is 2. The minimum absolute atomic E-state index is 0.237. The highest BCUT2D eigenvalue weighted by Gasteiger charge is 2.26. The number of rotatable bonds is 5. The highest BCUT2D eigenvalue weighted by Crippen LogP contribution is 2.19. The number of nitrogens with zero attached hydrogens (tertiary/aromatic N) is 2. The summed E-state index contributed by atoms with van der Waals surface area (Å²) in [5, 5.41) is 15.7. The Kier molecular flexibility index (Phi) is 4.11. The highest BCUT2D eigenvalue weighted by molar-refractivity contribution is 5.92. The van der Waals surface area contributed by atoms with Gasteiger partial charge >= 0.3 is 5.97 Å². The summed E-state index contributed by atoms with van der Waals surface area (Å²) in [6, 6.07) is 1.69. The second-order valence-electron chi connectivity index (χ2n) is 4.99. The van der Waals surface area contributed by atoms with Crippen molar-refractivity contribution in [3.05, 3.63) is 17.5 Å². The number of aromatic nitrogens is 2. The lowest BCUT2D eigenvalue weighted by Crippen LogP contribution is -2.32. The topological polar surface area (TPSA) is 84.2 Å². The van der Waals surface area contributed by atoms with Crippen molar-refractivity contribution in [2.24, 2.45) is 12.5 Å². The van der Waals surface area contributed by atoms with Crippen LogP contribution in [0.2, 0.25) is 0 Å². The van der Waals surface area contributed by atoms with E-state index in [1.165, 1.54) is 4.68 Å². The van der Waals surface area contributed by atoms with Crippen molar-refractivity contribution in [3.63, 3.8) is 0 Å². The van der Waals surface area contributed by atoms with Crippen LogP contribution in [0.5, 0.6) is 0 Å². The summed E-state index contributed by atoms with van der Waals surface area (Å²) in [6.45, 7) is 5.40. The lowest BCUT2D eigenvalue weighted by Gasteiger charge is -2.18. The van der Waals surface area contributed by atoms with E-state index >= 15 is 0 Å². The number of nitrogens with one attached hydrogen (secondary N) is 1. The van der Waals surface area contributed by atoms with Gasteiger partial charge in [0.25, 0.3) is 5.91 Å². The van der Waals surface area contributed by atoms with Crippen molar-refractivity contribution in [1.82, 2.24) is 15.1 Å². The maximum Gasteiger partial charge on any atom is 0.309 e. The molecule has 0 bridgehead atoms. The van der Waals surface area contributed by atoms with Gasteiger partial charge in [-0.15, -0.1) is 0 Å². The molecule has 1 aromatic heterocycles. The first-order valence-corrected chi connectivity index (χ1v) is 5.76. The molecule has 6 nitrogen and oxygen atoms in total. The molecule has 0 aliphatic rings. The third-order valence-corrected chi connectivity index (χ3v) is 2.85. The fourth-order valence-electron chi connectivity index (χ4n) is 1.51. The number of aryl methyl sites for hydroxylation is 2. The van der Waals surface area contributed by atoms with E-state index in [1.807, 2.05) is 6.92 Å². The highest BCUT2D eigenvalue weighted by atomic mass is 16.4. The first kappa shape index (κ1) is 14.2. The van der Waals surface area contributed by atoms with Crippen LogP contribution in [-0.2, 0) is 11.8 Å². The number of carbonyl (C=O) groups excluding carboxylic acids is 1. The predicted octanol–water partition coefficient (Wildman–Crippen LogP) is 0.959. The van der Waals surface area contributed by atoms with Crippen LogP contribution in [0, 0.1) is 12.3 Å². The van der Waals surface area contributed by atoms with Gasteiger partial charge in [-0.2, -0.15) is 5.10 Å². The van der Waals surface area contributed by atoms with Crippen molar-refractivity contribution in [3.8, 4) is 0 Å². The molecule has 0 saturated heterocycles. The van der Waals surface area contributed by atoms with E-state index in [0.717, 1.165) is 5.69 Å². The predicted molar refractivity (Wildman–Crippen MR) is 66.3 cm³/mol. The van der Waals surface area contributed by atoms with Gasteiger partial charge in [0.2, 0.25) is 0 Å². The molecule has 18 heavy (non-hydrogen) atoms. The monoisotopic (exact) mass is 253 g/mol. The molecule has 2 N–H and O–H groups in total. The summed E-state index contributed by atoms with van der Waals surface area (Å²) in [5.41, 5.74) is 0.407. The van der Waals surface area contributed by atoms with Crippen LogP contribution in [0.3, 0.4) is 0 Å². The summed E-state index contributed by atoms with van der Waals surface area (Å²) in [5.74, 6) is -1.10. The average Bonchev–Trinajstić information content (AvgIpc) is 2.57. The van der Waals surface area contributed by atoms with Gasteiger partial charge in [0, 0.05) is 13.6 Å². The third kappa shape index (κ3) is 3.32. The van der Waals surface area contributed by atoms with Gasteiger partial charge in [0.1, 0.15) is 5.69 Å². The molecule has 0 aliphatic carbocycles.